The molecule has 2 N–H and O–H groups in total. The topological polar surface area (TPSA) is 93.7 Å². The number of methoxy groups -OCH3 is 1. The molecular weight excluding hydrogens is 448 g/mol. The van der Waals surface area contributed by atoms with Gasteiger partial charge in [0, 0.05) is 18.3 Å². The third-order valence-corrected chi connectivity index (χ3v) is 7.26. The monoisotopic (exact) mass is 482 g/mol. The van der Waals surface area contributed by atoms with Crippen LogP contribution in [0.15, 0.2) is 34.5 Å². The number of ether oxygens (including phenoxy) is 2. The Bertz CT molecular complexity index is 971. The number of thiophene rings is 1. The number of hydrogen-bond donors (Lipinski definition) is 2. The number of carbonyl (C=O) groups is 1. The summed E-state index contributed by atoms with van der Waals surface area (Å²) in [6.45, 7) is 7.70. The van der Waals surface area contributed by atoms with Crippen LogP contribution in [0.2, 0.25) is 0 Å². The first-order chi connectivity index (χ1) is 15.3. The lowest BCUT2D eigenvalue weighted by Gasteiger charge is -2.16. The van der Waals surface area contributed by atoms with E-state index in [0.717, 1.165) is 36.4 Å². The zero-order valence-corrected chi connectivity index (χ0v) is 20.9. The summed E-state index contributed by atoms with van der Waals surface area (Å²) in [5.74, 6) is 0.225. The van der Waals surface area contributed by atoms with Crippen molar-refractivity contribution in [1.29, 1.82) is 0 Å². The van der Waals surface area contributed by atoms with Crippen molar-refractivity contribution < 1.29 is 22.7 Å². The number of anilines is 2. The van der Waals surface area contributed by atoms with Gasteiger partial charge in [-0.3, -0.25) is 4.72 Å². The standard InChI is InChI=1S/C23H34N2O5S2/c1-5-6-7-8-13-24-18-9-10-19(20(16-18)30-14-11-17(2)3)25-32(27,28)21-12-15-31-22(21)23(26)29-4/h9-10,12,15-17,24-25H,5-8,11,13-14H2,1-4H3. The summed E-state index contributed by atoms with van der Waals surface area (Å²) in [6, 6.07) is 6.71. The van der Waals surface area contributed by atoms with E-state index in [1.165, 1.54) is 32.4 Å². The molecule has 0 radical (unpaired) electrons. The van der Waals surface area contributed by atoms with Gasteiger partial charge in [0.2, 0.25) is 0 Å². The number of esters is 1. The molecule has 1 heterocycles. The molecule has 2 rings (SSSR count). The molecule has 9 heteroatoms. The van der Waals surface area contributed by atoms with E-state index in [1.807, 2.05) is 12.1 Å². The van der Waals surface area contributed by atoms with Crippen LogP contribution in [-0.2, 0) is 14.8 Å². The molecule has 0 spiro atoms. The van der Waals surface area contributed by atoms with E-state index in [-0.39, 0.29) is 9.77 Å². The molecule has 32 heavy (non-hydrogen) atoms. The van der Waals surface area contributed by atoms with E-state index in [0.29, 0.717) is 24.0 Å². The SMILES string of the molecule is CCCCCCNc1ccc(NS(=O)(=O)c2ccsc2C(=O)OC)c(OCCC(C)C)c1. The molecule has 1 aromatic carbocycles. The first kappa shape index (κ1) is 26.0. The maximum absolute atomic E-state index is 13.0. The highest BCUT2D eigenvalue weighted by atomic mass is 32.2. The van der Waals surface area contributed by atoms with E-state index in [1.54, 1.807) is 11.4 Å². The fraction of sp³-hybridized carbons (Fsp3) is 0.522. The fourth-order valence-electron chi connectivity index (χ4n) is 2.98. The van der Waals surface area contributed by atoms with Gasteiger partial charge in [0.1, 0.15) is 15.5 Å². The average molecular weight is 483 g/mol. The third-order valence-electron chi connectivity index (χ3n) is 4.83. The summed E-state index contributed by atoms with van der Waals surface area (Å²) >= 11 is 1.02. The third kappa shape index (κ3) is 7.70. The highest BCUT2D eigenvalue weighted by molar-refractivity contribution is 7.93. The van der Waals surface area contributed by atoms with Crippen LogP contribution in [0, 0.1) is 5.92 Å². The van der Waals surface area contributed by atoms with Gasteiger partial charge in [0.05, 0.1) is 19.4 Å². The molecule has 2 aromatic rings. The van der Waals surface area contributed by atoms with E-state index in [4.69, 9.17) is 9.47 Å². The zero-order chi connectivity index (χ0) is 23.6. The van der Waals surface area contributed by atoms with Gasteiger partial charge < -0.3 is 14.8 Å². The maximum Gasteiger partial charge on any atom is 0.349 e. The Morgan fingerprint density at radius 1 is 1.16 bits per heavy atom. The lowest BCUT2D eigenvalue weighted by atomic mass is 10.1. The molecule has 0 bridgehead atoms. The second-order valence-electron chi connectivity index (χ2n) is 7.94. The smallest absolute Gasteiger partial charge is 0.349 e. The number of hydrogen-bond acceptors (Lipinski definition) is 7. The Hall–Kier alpha value is -2.26. The largest absolute Gasteiger partial charge is 0.491 e. The second kappa shape index (κ2) is 12.7. The molecule has 7 nitrogen and oxygen atoms in total. The van der Waals surface area contributed by atoms with Crippen LogP contribution < -0.4 is 14.8 Å². The van der Waals surface area contributed by atoms with Crippen LogP contribution in [0.25, 0.3) is 0 Å². The Kier molecular flexibility index (Phi) is 10.3. The van der Waals surface area contributed by atoms with E-state index in [2.05, 4.69) is 30.8 Å². The molecule has 0 atom stereocenters. The Morgan fingerprint density at radius 2 is 1.94 bits per heavy atom. The van der Waals surface area contributed by atoms with Crippen molar-refractivity contribution in [1.82, 2.24) is 0 Å². The Morgan fingerprint density at radius 3 is 2.62 bits per heavy atom. The van der Waals surface area contributed by atoms with Crippen molar-refractivity contribution >= 4 is 38.7 Å². The van der Waals surface area contributed by atoms with Gasteiger partial charge in [-0.05, 0) is 42.3 Å². The van der Waals surface area contributed by atoms with E-state index >= 15 is 0 Å². The molecule has 0 saturated carbocycles. The summed E-state index contributed by atoms with van der Waals surface area (Å²) in [4.78, 5) is 11.9. The van der Waals surface area contributed by atoms with Crippen LogP contribution >= 0.6 is 11.3 Å². The van der Waals surface area contributed by atoms with Gasteiger partial charge in [0.15, 0.2) is 0 Å². The van der Waals surface area contributed by atoms with Gasteiger partial charge in [-0.2, -0.15) is 0 Å². The molecule has 1 aromatic heterocycles. The van der Waals surface area contributed by atoms with Crippen molar-refractivity contribution in [2.24, 2.45) is 5.92 Å². The Balaban J connectivity index is 2.22. The number of rotatable bonds is 14. The average Bonchev–Trinajstić information content (AvgIpc) is 3.25. The molecule has 0 aliphatic heterocycles. The molecule has 0 aliphatic rings. The molecule has 0 aliphatic carbocycles. The maximum atomic E-state index is 13.0. The molecule has 178 valence electrons. The number of benzene rings is 1. The Labute approximate surface area is 195 Å². The van der Waals surface area contributed by atoms with Gasteiger partial charge in [-0.25, -0.2) is 13.2 Å². The summed E-state index contributed by atoms with van der Waals surface area (Å²) in [7, 11) is -2.78. The molecule has 0 saturated heterocycles. The van der Waals surface area contributed by atoms with Crippen LogP contribution in [0.3, 0.4) is 0 Å². The second-order valence-corrected chi connectivity index (χ2v) is 10.5. The number of sulfonamides is 1. The van der Waals surface area contributed by atoms with Crippen LogP contribution in [0.1, 0.15) is 62.5 Å². The predicted molar refractivity (Wildman–Crippen MR) is 130 cm³/mol. The quantitative estimate of drug-likeness (QED) is 0.263. The van der Waals surface area contributed by atoms with E-state index < -0.39 is 16.0 Å². The van der Waals surface area contributed by atoms with Crippen molar-refractivity contribution in [3.63, 3.8) is 0 Å². The van der Waals surface area contributed by atoms with Crippen LogP contribution in [-0.4, -0.2) is 34.6 Å². The first-order valence-corrected chi connectivity index (χ1v) is 13.3. The van der Waals surface area contributed by atoms with Crippen molar-refractivity contribution in [2.45, 2.75) is 57.8 Å². The van der Waals surface area contributed by atoms with Crippen molar-refractivity contribution in [3.8, 4) is 5.75 Å². The first-order valence-electron chi connectivity index (χ1n) is 11.0. The lowest BCUT2D eigenvalue weighted by Crippen LogP contribution is -2.17. The zero-order valence-electron chi connectivity index (χ0n) is 19.3. The number of unbranched alkanes of at least 4 members (excludes halogenated alkanes) is 3. The van der Waals surface area contributed by atoms with Crippen LogP contribution in [0.4, 0.5) is 11.4 Å². The molecule has 0 amide bonds. The summed E-state index contributed by atoms with van der Waals surface area (Å²) in [5.41, 5.74) is 1.20. The summed E-state index contributed by atoms with van der Waals surface area (Å²) < 4.78 is 39.2. The summed E-state index contributed by atoms with van der Waals surface area (Å²) in [5, 5.41) is 4.92. The van der Waals surface area contributed by atoms with Crippen LogP contribution in [0.5, 0.6) is 5.75 Å². The minimum atomic E-state index is -4.00. The van der Waals surface area contributed by atoms with Gasteiger partial charge in [-0.1, -0.05) is 40.0 Å². The van der Waals surface area contributed by atoms with Gasteiger partial charge in [0.25, 0.3) is 10.0 Å². The van der Waals surface area contributed by atoms with Gasteiger partial charge in [-0.15, -0.1) is 11.3 Å². The molecule has 0 unspecified atom stereocenters. The fourth-order valence-corrected chi connectivity index (χ4v) is 5.38. The normalized spacial score (nSPS) is 11.4. The van der Waals surface area contributed by atoms with Crippen molar-refractivity contribution in [3.05, 3.63) is 34.5 Å². The van der Waals surface area contributed by atoms with E-state index in [9.17, 15) is 13.2 Å². The predicted octanol–water partition coefficient (Wildman–Crippen LogP) is 5.75. The minimum Gasteiger partial charge on any atom is -0.491 e. The van der Waals surface area contributed by atoms with Gasteiger partial charge >= 0.3 is 5.97 Å². The summed E-state index contributed by atoms with van der Waals surface area (Å²) in [6.07, 6.45) is 5.48. The molecular formula is C23H34N2O5S2. The number of nitrogens with one attached hydrogen (secondary N) is 2. The molecule has 0 fully saturated rings. The number of carbonyl (C=O) groups excluding carboxylic acids is 1. The highest BCUT2D eigenvalue weighted by Gasteiger charge is 2.25. The highest BCUT2D eigenvalue weighted by Crippen LogP contribution is 2.32. The van der Waals surface area contributed by atoms with Crippen molar-refractivity contribution in [2.75, 3.05) is 30.3 Å². The lowest BCUT2D eigenvalue weighted by molar-refractivity contribution is 0.0602. The minimum absolute atomic E-state index is 0.0349.